The van der Waals surface area contributed by atoms with Crippen molar-refractivity contribution in [2.45, 2.75) is 13.0 Å². The molecule has 1 aliphatic heterocycles. The average Bonchev–Trinajstić information content (AvgIpc) is 1.86. The van der Waals surface area contributed by atoms with Crippen LogP contribution in [0.1, 0.15) is 6.92 Å². The smallest absolute Gasteiger partial charge is 0.0750 e. The van der Waals surface area contributed by atoms with Crippen molar-refractivity contribution in [3.8, 4) is 0 Å². The molecule has 6 heavy (non-hydrogen) atoms. The highest BCUT2D eigenvalue weighted by Gasteiger charge is 2.08. The third-order valence-electron chi connectivity index (χ3n) is 0.626. The van der Waals surface area contributed by atoms with Crippen LogP contribution in [0.3, 0.4) is 0 Å². The summed E-state index contributed by atoms with van der Waals surface area (Å²) < 4.78 is 5.14. The molecule has 0 saturated carbocycles. The molecule has 0 aliphatic carbocycles. The Kier molecular flexibility index (Phi) is 1.75. The lowest BCUT2D eigenvalue weighted by Gasteiger charge is -1.92. The van der Waals surface area contributed by atoms with Crippen LogP contribution in [0.5, 0.6) is 0 Å². The van der Waals surface area contributed by atoms with E-state index in [0.29, 0.717) is 14.1 Å². The molecular weight excluding hydrogens is 115 g/mol. The highest BCUT2D eigenvalue weighted by Crippen LogP contribution is 2.39. The first-order chi connectivity index (χ1) is 2.89. The molecule has 0 aromatic rings. The maximum absolute atomic E-state index is 5.14. The quantitative estimate of drug-likeness (QED) is 0.452. The molecule has 2 atom stereocenters. The highest BCUT2D eigenvalue weighted by atomic mass is 32.7. The molecule has 0 amide bonds. The fourth-order valence-electron chi connectivity index (χ4n) is 0.302. The number of hydrogen-bond donors (Lipinski definition) is 0. The fraction of sp³-hybridized carbons (Fsp3) is 1.00. The van der Waals surface area contributed by atoms with Crippen LogP contribution >= 0.6 is 19.4 Å². The van der Waals surface area contributed by atoms with Gasteiger partial charge in [0.15, 0.2) is 0 Å². The number of hydrogen-bond acceptors (Lipinski definition) is 2. The normalized spacial score (nSPS) is 38.5. The van der Waals surface area contributed by atoms with Crippen LogP contribution in [0.2, 0.25) is 0 Å². The maximum Gasteiger partial charge on any atom is 0.0750 e. The Morgan fingerprint density at radius 1 is 2.00 bits per heavy atom. The molecule has 1 aliphatic rings. The third kappa shape index (κ3) is 1.11. The lowest BCUT2D eigenvalue weighted by atomic mass is 10.5. The Morgan fingerprint density at radius 2 is 2.83 bits per heavy atom. The molecule has 3 heteroatoms. The second-order valence-electron chi connectivity index (χ2n) is 1.32. The minimum atomic E-state index is 0.522. The summed E-state index contributed by atoms with van der Waals surface area (Å²) >= 11 is 1.89. The summed E-state index contributed by atoms with van der Waals surface area (Å²) in [7, 11) is 0.706. The zero-order valence-corrected chi connectivity index (χ0v) is 5.42. The fourth-order valence-corrected chi connectivity index (χ4v) is 2.71. The monoisotopic (exact) mass is 122 g/mol. The molecule has 1 heterocycles. The van der Waals surface area contributed by atoms with E-state index in [1.165, 1.54) is 5.75 Å². The summed E-state index contributed by atoms with van der Waals surface area (Å²) in [6, 6.07) is 0. The van der Waals surface area contributed by atoms with Crippen LogP contribution in [-0.4, -0.2) is 11.9 Å². The molecule has 0 spiro atoms. The van der Waals surface area contributed by atoms with Crippen molar-refractivity contribution < 1.29 is 4.52 Å². The van der Waals surface area contributed by atoms with E-state index in [-0.39, 0.29) is 0 Å². The molecular formula is C3H7OPS. The van der Waals surface area contributed by atoms with E-state index in [2.05, 4.69) is 6.92 Å². The standard InChI is InChI=1S/C3H7OPS/c1-3-2-6-5-4-3/h3,5H,2H2,1H3. The van der Waals surface area contributed by atoms with Gasteiger partial charge in [-0.05, 0) is 6.92 Å². The Labute approximate surface area is 43.5 Å². The van der Waals surface area contributed by atoms with Crippen molar-refractivity contribution in [2.75, 3.05) is 5.75 Å². The average molecular weight is 122 g/mol. The van der Waals surface area contributed by atoms with Gasteiger partial charge in [-0.15, -0.1) is 11.4 Å². The van der Waals surface area contributed by atoms with Crippen LogP contribution < -0.4 is 0 Å². The maximum atomic E-state index is 5.14. The van der Waals surface area contributed by atoms with Crippen LogP contribution in [0.4, 0.5) is 0 Å². The van der Waals surface area contributed by atoms with Gasteiger partial charge in [-0.1, -0.05) is 0 Å². The van der Waals surface area contributed by atoms with E-state index < -0.39 is 0 Å². The summed E-state index contributed by atoms with van der Waals surface area (Å²) in [5.41, 5.74) is 0. The van der Waals surface area contributed by atoms with E-state index >= 15 is 0 Å². The molecule has 2 unspecified atom stereocenters. The largest absolute Gasteiger partial charge is 0.348 e. The molecule has 0 radical (unpaired) electrons. The number of rotatable bonds is 0. The van der Waals surface area contributed by atoms with Gasteiger partial charge in [-0.25, -0.2) is 0 Å². The Hall–Kier alpha value is 0.740. The molecule has 36 valence electrons. The van der Waals surface area contributed by atoms with Gasteiger partial charge in [0.1, 0.15) is 0 Å². The van der Waals surface area contributed by atoms with Crippen LogP contribution in [0.25, 0.3) is 0 Å². The second kappa shape index (κ2) is 2.15. The summed E-state index contributed by atoms with van der Waals surface area (Å²) in [5.74, 6) is 1.19. The first-order valence-corrected chi connectivity index (χ1v) is 4.54. The summed E-state index contributed by atoms with van der Waals surface area (Å²) in [5, 5.41) is 0. The Bertz CT molecular complexity index is 44.1. The molecule has 0 N–H and O–H groups in total. The lowest BCUT2D eigenvalue weighted by molar-refractivity contribution is 0.298. The molecule has 1 rings (SSSR count). The van der Waals surface area contributed by atoms with Gasteiger partial charge in [0.05, 0.1) is 14.1 Å². The van der Waals surface area contributed by atoms with E-state index in [4.69, 9.17) is 4.52 Å². The topological polar surface area (TPSA) is 9.23 Å². The van der Waals surface area contributed by atoms with Crippen molar-refractivity contribution in [3.05, 3.63) is 0 Å². The van der Waals surface area contributed by atoms with Crippen molar-refractivity contribution in [1.29, 1.82) is 0 Å². The molecule has 0 bridgehead atoms. The predicted molar refractivity (Wildman–Crippen MR) is 31.3 cm³/mol. The summed E-state index contributed by atoms with van der Waals surface area (Å²) in [6.07, 6.45) is 0.522. The van der Waals surface area contributed by atoms with E-state index in [1.807, 2.05) is 11.4 Å². The zero-order valence-electron chi connectivity index (χ0n) is 3.60. The predicted octanol–water partition coefficient (Wildman–Crippen LogP) is 1.65. The Morgan fingerprint density at radius 3 is 3.00 bits per heavy atom. The van der Waals surface area contributed by atoms with Gasteiger partial charge in [0, 0.05) is 5.75 Å². The first-order valence-electron chi connectivity index (χ1n) is 1.92. The van der Waals surface area contributed by atoms with Gasteiger partial charge in [-0.2, -0.15) is 0 Å². The van der Waals surface area contributed by atoms with Gasteiger partial charge in [-0.3, -0.25) is 0 Å². The van der Waals surface area contributed by atoms with Gasteiger partial charge in [0.2, 0.25) is 0 Å². The minimum absolute atomic E-state index is 0.522. The van der Waals surface area contributed by atoms with Gasteiger partial charge in [0.25, 0.3) is 0 Å². The molecule has 1 nitrogen and oxygen atoms in total. The molecule has 0 aromatic carbocycles. The van der Waals surface area contributed by atoms with Crippen molar-refractivity contribution in [3.63, 3.8) is 0 Å². The van der Waals surface area contributed by atoms with Crippen molar-refractivity contribution >= 4 is 19.4 Å². The van der Waals surface area contributed by atoms with Crippen LogP contribution in [0.15, 0.2) is 0 Å². The Balaban J connectivity index is 2.18. The second-order valence-corrected chi connectivity index (χ2v) is 3.71. The van der Waals surface area contributed by atoms with Crippen molar-refractivity contribution in [2.24, 2.45) is 0 Å². The minimum Gasteiger partial charge on any atom is -0.348 e. The highest BCUT2D eigenvalue weighted by molar-refractivity contribution is 8.48. The van der Waals surface area contributed by atoms with Crippen molar-refractivity contribution in [1.82, 2.24) is 0 Å². The SMILES string of the molecule is CC1CSPO1. The molecule has 0 aromatic heterocycles. The first kappa shape index (κ1) is 4.89. The molecule has 1 saturated heterocycles. The van der Waals surface area contributed by atoms with Crippen LogP contribution in [0, 0.1) is 0 Å². The zero-order chi connectivity index (χ0) is 4.41. The van der Waals surface area contributed by atoms with E-state index in [0.717, 1.165) is 0 Å². The molecule has 1 fully saturated rings. The van der Waals surface area contributed by atoms with E-state index in [1.54, 1.807) is 0 Å². The summed E-state index contributed by atoms with van der Waals surface area (Å²) in [4.78, 5) is 0. The van der Waals surface area contributed by atoms with Gasteiger partial charge < -0.3 is 4.52 Å². The lowest BCUT2D eigenvalue weighted by Crippen LogP contribution is -1.96. The third-order valence-corrected chi connectivity index (χ3v) is 3.02. The van der Waals surface area contributed by atoms with E-state index in [9.17, 15) is 0 Å². The van der Waals surface area contributed by atoms with Crippen LogP contribution in [-0.2, 0) is 4.52 Å². The summed E-state index contributed by atoms with van der Waals surface area (Å²) in [6.45, 7) is 2.10. The van der Waals surface area contributed by atoms with Gasteiger partial charge >= 0.3 is 0 Å².